The van der Waals surface area contributed by atoms with Crippen molar-refractivity contribution in [1.29, 1.82) is 0 Å². The summed E-state index contributed by atoms with van der Waals surface area (Å²) in [5.74, 6) is 1.33. The average molecular weight is 255 g/mol. The lowest BCUT2D eigenvalue weighted by molar-refractivity contribution is 0.0867. The average Bonchev–Trinajstić information content (AvgIpc) is 2.58. The van der Waals surface area contributed by atoms with Crippen molar-refractivity contribution in [3.05, 3.63) is 22.6 Å². The number of carbonyl (C=O) groups excluding carboxylic acids is 1. The minimum absolute atomic E-state index is 0.0268. The van der Waals surface area contributed by atoms with Crippen molar-refractivity contribution in [1.82, 2.24) is 5.32 Å². The van der Waals surface area contributed by atoms with Crippen LogP contribution in [-0.4, -0.2) is 37.4 Å². The van der Waals surface area contributed by atoms with Crippen LogP contribution in [0.15, 0.2) is 4.42 Å². The molecule has 102 valence electrons. The quantitative estimate of drug-likeness (QED) is 0.721. The molecular formula is C13H21NO4. The number of rotatable bonds is 7. The minimum atomic E-state index is -0.107. The first-order valence-corrected chi connectivity index (χ1v) is 6.11. The first-order chi connectivity index (χ1) is 8.57. The van der Waals surface area contributed by atoms with Crippen LogP contribution in [0.2, 0.25) is 0 Å². The van der Waals surface area contributed by atoms with E-state index in [2.05, 4.69) is 5.32 Å². The van der Waals surface area contributed by atoms with Crippen LogP contribution in [0.4, 0.5) is 0 Å². The van der Waals surface area contributed by atoms with E-state index < -0.39 is 0 Å². The fraction of sp³-hybridized carbons (Fsp3) is 0.615. The molecule has 0 saturated carbocycles. The Morgan fingerprint density at radius 3 is 2.56 bits per heavy atom. The lowest BCUT2D eigenvalue weighted by Crippen LogP contribution is -2.26. The molecule has 0 unspecified atom stereocenters. The van der Waals surface area contributed by atoms with Gasteiger partial charge in [0, 0.05) is 18.7 Å². The Balaban J connectivity index is 2.37. The molecule has 0 aromatic carbocycles. The molecule has 0 atom stereocenters. The van der Waals surface area contributed by atoms with Gasteiger partial charge in [0.1, 0.15) is 11.5 Å². The van der Waals surface area contributed by atoms with Crippen LogP contribution in [0.5, 0.6) is 0 Å². The molecule has 1 amide bonds. The zero-order chi connectivity index (χ0) is 13.5. The summed E-state index contributed by atoms with van der Waals surface area (Å²) < 4.78 is 10.5. The van der Waals surface area contributed by atoms with Crippen LogP contribution in [-0.2, 0) is 4.74 Å². The molecule has 0 spiro atoms. The molecule has 2 N–H and O–H groups in total. The van der Waals surface area contributed by atoms with Crippen LogP contribution in [0.25, 0.3) is 0 Å². The molecule has 0 fully saturated rings. The number of aryl methyl sites for hydroxylation is 2. The SMILES string of the molecule is Cc1oc(C)c(C(=O)NCCCOCCO)c1C. The fourth-order valence-corrected chi connectivity index (χ4v) is 1.76. The smallest absolute Gasteiger partial charge is 0.255 e. The van der Waals surface area contributed by atoms with Gasteiger partial charge in [0.2, 0.25) is 0 Å². The minimum Gasteiger partial charge on any atom is -0.466 e. The van der Waals surface area contributed by atoms with E-state index in [1.807, 2.05) is 13.8 Å². The van der Waals surface area contributed by atoms with Crippen LogP contribution >= 0.6 is 0 Å². The van der Waals surface area contributed by atoms with Gasteiger partial charge in [-0.3, -0.25) is 4.79 Å². The molecule has 0 aliphatic rings. The van der Waals surface area contributed by atoms with Gasteiger partial charge in [-0.1, -0.05) is 0 Å². The van der Waals surface area contributed by atoms with Crippen LogP contribution in [0.1, 0.15) is 33.9 Å². The molecule has 0 radical (unpaired) electrons. The molecule has 0 aliphatic heterocycles. The third kappa shape index (κ3) is 3.85. The van der Waals surface area contributed by atoms with Crippen LogP contribution in [0, 0.1) is 20.8 Å². The predicted molar refractivity (Wildman–Crippen MR) is 67.8 cm³/mol. The van der Waals surface area contributed by atoms with E-state index >= 15 is 0 Å². The van der Waals surface area contributed by atoms with Crippen molar-refractivity contribution in [2.45, 2.75) is 27.2 Å². The van der Waals surface area contributed by atoms with Gasteiger partial charge in [0.15, 0.2) is 0 Å². The highest BCUT2D eigenvalue weighted by molar-refractivity contribution is 5.96. The van der Waals surface area contributed by atoms with Gasteiger partial charge < -0.3 is 19.6 Å². The first kappa shape index (κ1) is 14.7. The maximum Gasteiger partial charge on any atom is 0.255 e. The maximum absolute atomic E-state index is 11.9. The van der Waals surface area contributed by atoms with Crippen molar-refractivity contribution in [3.63, 3.8) is 0 Å². The number of hydrogen-bond donors (Lipinski definition) is 2. The highest BCUT2D eigenvalue weighted by atomic mass is 16.5. The molecule has 0 saturated heterocycles. The van der Waals surface area contributed by atoms with Crippen molar-refractivity contribution in [2.75, 3.05) is 26.4 Å². The van der Waals surface area contributed by atoms with Crippen molar-refractivity contribution >= 4 is 5.91 Å². The Hall–Kier alpha value is -1.33. The topological polar surface area (TPSA) is 71.7 Å². The predicted octanol–water partition coefficient (Wildman–Crippen LogP) is 1.33. The van der Waals surface area contributed by atoms with Gasteiger partial charge in [-0.05, 0) is 27.2 Å². The van der Waals surface area contributed by atoms with Crippen LogP contribution < -0.4 is 5.32 Å². The Labute approximate surface area is 107 Å². The Morgan fingerprint density at radius 1 is 1.28 bits per heavy atom. The molecule has 1 aromatic rings. The second kappa shape index (κ2) is 7.18. The molecule has 1 heterocycles. The molecule has 1 aromatic heterocycles. The summed E-state index contributed by atoms with van der Waals surface area (Å²) in [6, 6.07) is 0. The monoisotopic (exact) mass is 255 g/mol. The summed E-state index contributed by atoms with van der Waals surface area (Å²) >= 11 is 0. The summed E-state index contributed by atoms with van der Waals surface area (Å²) in [6.07, 6.45) is 0.723. The lowest BCUT2D eigenvalue weighted by atomic mass is 10.1. The second-order valence-corrected chi connectivity index (χ2v) is 4.16. The Morgan fingerprint density at radius 2 is 2.00 bits per heavy atom. The lowest BCUT2D eigenvalue weighted by Gasteiger charge is -2.05. The van der Waals surface area contributed by atoms with Gasteiger partial charge in [-0.25, -0.2) is 0 Å². The third-order valence-corrected chi connectivity index (χ3v) is 2.78. The van der Waals surface area contributed by atoms with Crippen LogP contribution in [0.3, 0.4) is 0 Å². The van der Waals surface area contributed by atoms with E-state index in [-0.39, 0.29) is 12.5 Å². The van der Waals surface area contributed by atoms with E-state index in [1.54, 1.807) is 6.92 Å². The van der Waals surface area contributed by atoms with Crippen molar-refractivity contribution in [3.8, 4) is 0 Å². The molecule has 0 bridgehead atoms. The van der Waals surface area contributed by atoms with Gasteiger partial charge in [-0.15, -0.1) is 0 Å². The zero-order valence-electron chi connectivity index (χ0n) is 11.2. The highest BCUT2D eigenvalue weighted by Gasteiger charge is 2.17. The Bertz CT molecular complexity index is 398. The number of amides is 1. The summed E-state index contributed by atoms with van der Waals surface area (Å²) in [4.78, 5) is 11.9. The molecule has 1 rings (SSSR count). The van der Waals surface area contributed by atoms with E-state index in [4.69, 9.17) is 14.3 Å². The number of aliphatic hydroxyl groups excluding tert-OH is 1. The van der Waals surface area contributed by atoms with Crippen molar-refractivity contribution in [2.24, 2.45) is 0 Å². The summed E-state index contributed by atoms with van der Waals surface area (Å²) in [5, 5.41) is 11.3. The zero-order valence-corrected chi connectivity index (χ0v) is 11.2. The van der Waals surface area contributed by atoms with Gasteiger partial charge in [0.05, 0.1) is 18.8 Å². The van der Waals surface area contributed by atoms with E-state index in [1.165, 1.54) is 0 Å². The number of ether oxygens (including phenoxy) is 1. The van der Waals surface area contributed by atoms with E-state index in [0.29, 0.717) is 31.1 Å². The molecular weight excluding hydrogens is 234 g/mol. The first-order valence-electron chi connectivity index (χ1n) is 6.11. The van der Waals surface area contributed by atoms with E-state index in [0.717, 1.165) is 17.7 Å². The van der Waals surface area contributed by atoms with Crippen molar-refractivity contribution < 1.29 is 19.1 Å². The summed E-state index contributed by atoms with van der Waals surface area (Å²) in [5.41, 5.74) is 1.52. The van der Waals surface area contributed by atoms with E-state index in [9.17, 15) is 4.79 Å². The van der Waals surface area contributed by atoms with Gasteiger partial charge >= 0.3 is 0 Å². The number of nitrogens with one attached hydrogen (secondary N) is 1. The molecule has 5 nitrogen and oxygen atoms in total. The third-order valence-electron chi connectivity index (χ3n) is 2.78. The van der Waals surface area contributed by atoms with Gasteiger partial charge in [-0.2, -0.15) is 0 Å². The number of furan rings is 1. The summed E-state index contributed by atoms with van der Waals surface area (Å²) in [7, 11) is 0. The largest absolute Gasteiger partial charge is 0.466 e. The standard InChI is InChI=1S/C13H21NO4/c1-9-10(2)18-11(3)12(9)13(16)14-5-4-7-17-8-6-15/h15H,4-8H2,1-3H3,(H,14,16). The summed E-state index contributed by atoms with van der Waals surface area (Å²) in [6.45, 7) is 6.97. The number of aliphatic hydroxyl groups is 1. The molecule has 5 heteroatoms. The number of carbonyl (C=O) groups is 1. The highest BCUT2D eigenvalue weighted by Crippen LogP contribution is 2.20. The number of hydrogen-bond acceptors (Lipinski definition) is 4. The fourth-order valence-electron chi connectivity index (χ4n) is 1.76. The Kier molecular flexibility index (Phi) is 5.88. The second-order valence-electron chi connectivity index (χ2n) is 4.16. The molecule has 0 aliphatic carbocycles. The normalized spacial score (nSPS) is 10.7. The van der Waals surface area contributed by atoms with Gasteiger partial charge in [0.25, 0.3) is 5.91 Å². The maximum atomic E-state index is 11.9. The molecule has 18 heavy (non-hydrogen) atoms.